The number of aromatic amines is 4. The molecule has 4 N–H and O–H groups in total. The molecule has 0 bridgehead atoms. The summed E-state index contributed by atoms with van der Waals surface area (Å²) in [4.78, 5) is 33.0. The fraction of sp³-hybridized carbons (Fsp3) is 0.0952. The van der Waals surface area contributed by atoms with Crippen molar-refractivity contribution in [3.63, 3.8) is 0 Å². The lowest BCUT2D eigenvalue weighted by Crippen LogP contribution is -2.17. The highest BCUT2D eigenvalue weighted by molar-refractivity contribution is 7.18. The number of nitrogens with one attached hydrogen (secondary N) is 4. The quantitative estimate of drug-likeness (QED) is 0.0773. The van der Waals surface area contributed by atoms with Crippen LogP contribution in [-0.4, -0.2) is 52.6 Å². The maximum Gasteiger partial charge on any atom is 0.573 e. The molecule has 0 saturated heterocycles. The van der Waals surface area contributed by atoms with Crippen LogP contribution in [0, 0.1) is 33.5 Å². The van der Waals surface area contributed by atoms with Crippen molar-refractivity contribution in [2.45, 2.75) is 52.8 Å². The molecule has 0 aliphatic heterocycles. The van der Waals surface area contributed by atoms with Gasteiger partial charge in [-0.1, -0.05) is 132 Å². The number of alkyl halides is 12. The van der Waals surface area contributed by atoms with Gasteiger partial charge in [-0.3, -0.25) is 0 Å². The summed E-state index contributed by atoms with van der Waals surface area (Å²) in [6.45, 7) is 7.60. The number of hydrogen-bond acceptors (Lipinski definition) is 10. The summed E-state index contributed by atoms with van der Waals surface area (Å²) < 4.78 is 190. The second kappa shape index (κ2) is 33.2. The normalized spacial score (nSPS) is 11.7. The number of aromatic nitrogens is 8. The zero-order chi connectivity index (χ0) is 81.0. The zero-order valence-electron chi connectivity index (χ0n) is 59.4. The van der Waals surface area contributed by atoms with Crippen molar-refractivity contribution < 1.29 is 79.8 Å². The average Bonchev–Trinajstić information content (AvgIpc) is 1.64. The summed E-state index contributed by atoms with van der Waals surface area (Å²) in [6, 6.07) is 64.8. The van der Waals surface area contributed by atoms with Crippen molar-refractivity contribution >= 4 is 46.1 Å². The Morgan fingerprint density at radius 3 is 1.00 bits per heavy atom. The SMILES string of the molecule is Cc1[nH]c(-c2ccc(-c3ccc(C(F)(F)F)cc3)o2)nc1-c1ccccc1.Cc1[nH]c(-c2ccc(-c3ccc(C(F)(F)F)cc3)s2)nc1-c1ccccc1.Cc1[nH]c(-c2ccc(-c3ccc(Cl)c(OC(F)(F)F)c3)o2)nc1-c1ccc(Cl)cc1.Cc1[nH]c(-c2ccc(-c3ccc(Cl)c(OC(F)(F)F)c3)o2)nc1-c1ccc(F)cc1. The van der Waals surface area contributed by atoms with Crippen molar-refractivity contribution in [3.05, 3.63) is 297 Å². The van der Waals surface area contributed by atoms with Gasteiger partial charge in [0.25, 0.3) is 0 Å². The van der Waals surface area contributed by atoms with Crippen molar-refractivity contribution in [2.24, 2.45) is 0 Å². The van der Waals surface area contributed by atoms with Gasteiger partial charge in [0.15, 0.2) is 34.8 Å². The van der Waals surface area contributed by atoms with Gasteiger partial charge in [-0.15, -0.1) is 37.7 Å². The van der Waals surface area contributed by atoms with Gasteiger partial charge in [-0.05, 0) is 179 Å². The van der Waals surface area contributed by atoms with E-state index in [1.165, 1.54) is 72.0 Å². The van der Waals surface area contributed by atoms with Gasteiger partial charge < -0.3 is 42.7 Å². The minimum atomic E-state index is -4.86. The molecule has 16 rings (SSSR count). The Labute approximate surface area is 658 Å². The van der Waals surface area contributed by atoms with Gasteiger partial charge in [0.1, 0.15) is 40.4 Å². The minimum Gasteiger partial charge on any atom is -0.453 e. The molecule has 8 aromatic heterocycles. The van der Waals surface area contributed by atoms with E-state index in [9.17, 15) is 57.1 Å². The number of nitrogens with zero attached hydrogens (tertiary/aromatic N) is 4. The van der Waals surface area contributed by atoms with Gasteiger partial charge in [0, 0.05) is 71.6 Å². The van der Waals surface area contributed by atoms with Crippen molar-refractivity contribution in [1.29, 1.82) is 0 Å². The molecule has 16 aromatic rings. The molecule has 30 heteroatoms. The first-order valence-electron chi connectivity index (χ1n) is 34.0. The fourth-order valence-corrected chi connectivity index (χ4v) is 13.1. The number of ether oxygens (including phenoxy) is 2. The van der Waals surface area contributed by atoms with Crippen LogP contribution in [0.2, 0.25) is 15.1 Å². The highest BCUT2D eigenvalue weighted by Crippen LogP contribution is 2.42. The first-order chi connectivity index (χ1) is 54.2. The third-order valence-electron chi connectivity index (χ3n) is 17.1. The number of H-pyrrole nitrogens is 4. The van der Waals surface area contributed by atoms with Crippen LogP contribution in [0.25, 0.3) is 135 Å². The van der Waals surface area contributed by atoms with Gasteiger partial charge in [-0.25, -0.2) is 24.3 Å². The summed E-state index contributed by atoms with van der Waals surface area (Å²) >= 11 is 19.0. The highest BCUT2D eigenvalue weighted by Gasteiger charge is 2.35. The molecule has 0 aliphatic rings. The molecule has 8 aromatic carbocycles. The Hall–Kier alpha value is -12.3. The molecular weight excluding hydrogens is 1590 g/mol. The Morgan fingerprint density at radius 1 is 0.316 bits per heavy atom. The molecule has 0 spiro atoms. The molecule has 580 valence electrons. The summed E-state index contributed by atoms with van der Waals surface area (Å²) in [7, 11) is 0. The lowest BCUT2D eigenvalue weighted by molar-refractivity contribution is -0.275. The van der Waals surface area contributed by atoms with E-state index in [4.69, 9.17) is 53.0 Å². The molecule has 0 aliphatic carbocycles. The van der Waals surface area contributed by atoms with Crippen molar-refractivity contribution in [3.8, 4) is 146 Å². The van der Waals surface area contributed by atoms with E-state index in [1.54, 1.807) is 66.7 Å². The van der Waals surface area contributed by atoms with Crippen LogP contribution in [0.15, 0.2) is 256 Å². The molecule has 0 saturated carbocycles. The molecule has 13 nitrogen and oxygen atoms in total. The number of rotatable bonds is 14. The monoisotopic (exact) mass is 1640 g/mol. The van der Waals surface area contributed by atoms with E-state index in [0.29, 0.717) is 79.4 Å². The van der Waals surface area contributed by atoms with E-state index >= 15 is 0 Å². The van der Waals surface area contributed by atoms with Crippen LogP contribution in [-0.2, 0) is 12.4 Å². The number of halogens is 16. The maximum atomic E-state index is 13.2. The lowest BCUT2D eigenvalue weighted by atomic mass is 10.1. The average molecular weight is 1640 g/mol. The minimum absolute atomic E-state index is 0.155. The third kappa shape index (κ3) is 19.4. The van der Waals surface area contributed by atoms with Crippen molar-refractivity contribution in [2.75, 3.05) is 0 Å². The van der Waals surface area contributed by atoms with E-state index in [2.05, 4.69) is 44.4 Å². The summed E-state index contributed by atoms with van der Waals surface area (Å²) in [5.41, 5.74) is 10.9. The predicted octanol–water partition coefficient (Wildman–Crippen LogP) is 27.7. The maximum absolute atomic E-state index is 13.2. The van der Waals surface area contributed by atoms with Gasteiger partial charge in [0.05, 0.1) is 48.8 Å². The van der Waals surface area contributed by atoms with E-state index in [0.717, 1.165) is 114 Å². The Balaban J connectivity index is 0.000000133. The van der Waals surface area contributed by atoms with Gasteiger partial charge >= 0.3 is 25.1 Å². The van der Waals surface area contributed by atoms with Crippen LogP contribution in [0.5, 0.6) is 11.5 Å². The van der Waals surface area contributed by atoms with Crippen LogP contribution < -0.4 is 9.47 Å². The molecule has 0 unspecified atom stereocenters. The molecule has 0 radical (unpaired) electrons. The largest absolute Gasteiger partial charge is 0.573 e. The van der Waals surface area contributed by atoms with Crippen LogP contribution in [0.4, 0.5) is 57.1 Å². The van der Waals surface area contributed by atoms with Gasteiger partial charge in [0.2, 0.25) is 0 Å². The summed E-state index contributed by atoms with van der Waals surface area (Å²) in [5.74, 6) is 3.36. The van der Waals surface area contributed by atoms with Crippen LogP contribution in [0.3, 0.4) is 0 Å². The van der Waals surface area contributed by atoms with Crippen molar-refractivity contribution in [1.82, 2.24) is 39.9 Å². The lowest BCUT2D eigenvalue weighted by Gasteiger charge is -2.11. The van der Waals surface area contributed by atoms with Crippen LogP contribution >= 0.6 is 46.1 Å². The standard InChI is InChI=1S/C21H13Cl2F3N2O2.C21H13ClF4N2O2.C21H15F3N2O.C21H15F3N2S/c1-11-19(12-2-5-14(22)6-3-12)28-20(27-11)17-9-8-16(29-17)13-4-7-15(23)18(10-13)30-21(24,25)26;1-11-19(12-2-5-14(23)6-3-12)28-20(27-11)17-9-8-16(29-17)13-4-7-15(22)18(10-13)30-21(24,25)26;2*1-13-19(15-5-3-2-4-6-15)26-20(25-13)18-12-11-17(27-18)14-7-9-16(10-8-14)21(22,23)24/h2*2-10H,1H3,(H,27,28);2*2-12H,1H3,(H,25,26). The Bertz CT molecular complexity index is 5620. The Kier molecular flexibility index (Phi) is 23.2. The molecule has 0 atom stereocenters. The third-order valence-corrected chi connectivity index (χ3v) is 19.1. The molecule has 0 fully saturated rings. The zero-order valence-corrected chi connectivity index (χ0v) is 62.5. The van der Waals surface area contributed by atoms with E-state index in [1.807, 2.05) is 113 Å². The number of imidazole rings is 4. The summed E-state index contributed by atoms with van der Waals surface area (Å²) in [6.07, 6.45) is -18.4. The molecule has 8 heterocycles. The van der Waals surface area contributed by atoms with E-state index < -0.39 is 47.7 Å². The van der Waals surface area contributed by atoms with E-state index in [-0.39, 0.29) is 15.9 Å². The number of thiophene rings is 1. The number of aryl methyl sites for hydroxylation is 4. The second-order valence-corrected chi connectivity index (χ2v) is 27.5. The smallest absolute Gasteiger partial charge is 0.453 e. The first-order valence-corrected chi connectivity index (χ1v) is 35.9. The summed E-state index contributed by atoms with van der Waals surface area (Å²) in [5, 5.41) is 0.297. The topological polar surface area (TPSA) is 173 Å². The van der Waals surface area contributed by atoms with Gasteiger partial charge in [-0.2, -0.15) is 26.3 Å². The number of hydrogen-bond donors (Lipinski definition) is 4. The second-order valence-electron chi connectivity index (χ2n) is 25.2. The molecule has 0 amide bonds. The molecule has 114 heavy (non-hydrogen) atoms. The predicted molar refractivity (Wildman–Crippen MR) is 412 cm³/mol. The first kappa shape index (κ1) is 79.8. The molecular formula is C84H56Cl3F13N8O5S. The van der Waals surface area contributed by atoms with Crippen LogP contribution in [0.1, 0.15) is 33.9 Å². The number of benzene rings is 8. The fourth-order valence-electron chi connectivity index (χ4n) is 11.7. The highest BCUT2D eigenvalue weighted by atomic mass is 35.5. The Morgan fingerprint density at radius 2 is 0.623 bits per heavy atom. The number of furan rings is 3.